The third-order valence-corrected chi connectivity index (χ3v) is 5.62. The van der Waals surface area contributed by atoms with Gasteiger partial charge in [-0.25, -0.2) is 4.98 Å². The molecule has 1 saturated heterocycles. The molecule has 1 fully saturated rings. The Kier molecular flexibility index (Phi) is 5.46. The van der Waals surface area contributed by atoms with Gasteiger partial charge in [0.25, 0.3) is 0 Å². The van der Waals surface area contributed by atoms with Gasteiger partial charge in [-0.15, -0.1) is 11.3 Å². The van der Waals surface area contributed by atoms with E-state index in [2.05, 4.69) is 27.4 Å². The third-order valence-electron chi connectivity index (χ3n) is 4.76. The summed E-state index contributed by atoms with van der Waals surface area (Å²) in [4.78, 5) is 22.2. The molecule has 2 aromatic heterocycles. The van der Waals surface area contributed by atoms with Crippen LogP contribution in [0.5, 0.6) is 0 Å². The predicted octanol–water partition coefficient (Wildman–Crippen LogP) is 3.29. The number of piperazine rings is 1. The zero-order valence-corrected chi connectivity index (χ0v) is 15.9. The maximum Gasteiger partial charge on any atom is 0.246 e. The van der Waals surface area contributed by atoms with Gasteiger partial charge in [0.15, 0.2) is 0 Å². The zero-order chi connectivity index (χ0) is 18.5. The Morgan fingerprint density at radius 3 is 2.59 bits per heavy atom. The fourth-order valence-electron chi connectivity index (χ4n) is 3.19. The van der Waals surface area contributed by atoms with Crippen LogP contribution in [0, 0.1) is 0 Å². The maximum atomic E-state index is 12.5. The van der Waals surface area contributed by atoms with E-state index in [1.54, 1.807) is 29.9 Å². The molecule has 0 saturated carbocycles. The standard InChI is InChI=1S/C21H22N4OS/c26-21(24-13-11-23(12-14-24)16-20-2-1-15-27-20)8-5-18-3-6-19(7-4-18)25-10-9-22-17-25/h1-10,15,17H,11-14,16H2. The molecule has 0 unspecified atom stereocenters. The van der Waals surface area contributed by atoms with E-state index >= 15 is 0 Å². The summed E-state index contributed by atoms with van der Waals surface area (Å²) >= 11 is 1.79. The smallest absolute Gasteiger partial charge is 0.246 e. The second-order valence-electron chi connectivity index (χ2n) is 6.58. The number of hydrogen-bond donors (Lipinski definition) is 0. The Balaban J connectivity index is 1.29. The summed E-state index contributed by atoms with van der Waals surface area (Å²) in [5.41, 5.74) is 2.07. The lowest BCUT2D eigenvalue weighted by molar-refractivity contribution is -0.127. The van der Waals surface area contributed by atoms with Crippen molar-refractivity contribution in [3.05, 3.63) is 77.0 Å². The SMILES string of the molecule is O=C(C=Cc1ccc(-n2ccnc2)cc1)N1CCN(Cc2cccs2)CC1. The molecule has 27 heavy (non-hydrogen) atoms. The summed E-state index contributed by atoms with van der Waals surface area (Å²) in [5.74, 6) is 0.0875. The number of aromatic nitrogens is 2. The lowest BCUT2D eigenvalue weighted by Gasteiger charge is -2.33. The van der Waals surface area contributed by atoms with Gasteiger partial charge in [-0.2, -0.15) is 0 Å². The number of amides is 1. The fourth-order valence-corrected chi connectivity index (χ4v) is 3.94. The average molecular weight is 379 g/mol. The molecular weight excluding hydrogens is 356 g/mol. The molecule has 0 atom stereocenters. The van der Waals surface area contributed by atoms with Crippen molar-refractivity contribution in [1.82, 2.24) is 19.4 Å². The molecule has 6 heteroatoms. The second kappa shape index (κ2) is 8.33. The zero-order valence-electron chi connectivity index (χ0n) is 15.1. The van der Waals surface area contributed by atoms with Crippen LogP contribution in [-0.2, 0) is 11.3 Å². The van der Waals surface area contributed by atoms with E-state index in [1.807, 2.05) is 46.0 Å². The highest BCUT2D eigenvalue weighted by Gasteiger charge is 2.19. The molecule has 0 aliphatic carbocycles. The van der Waals surface area contributed by atoms with E-state index in [0.29, 0.717) is 0 Å². The number of imidazole rings is 1. The number of carbonyl (C=O) groups excluding carboxylic acids is 1. The normalized spacial score (nSPS) is 15.5. The van der Waals surface area contributed by atoms with Gasteiger partial charge in [0.2, 0.25) is 5.91 Å². The molecular formula is C21H22N4OS. The molecule has 1 aliphatic heterocycles. The van der Waals surface area contributed by atoms with Gasteiger partial charge in [-0.1, -0.05) is 18.2 Å². The maximum absolute atomic E-state index is 12.5. The Labute approximate surface area is 163 Å². The lowest BCUT2D eigenvalue weighted by Crippen LogP contribution is -2.47. The molecule has 0 spiro atoms. The Bertz CT molecular complexity index is 877. The van der Waals surface area contributed by atoms with Crippen molar-refractivity contribution < 1.29 is 4.79 Å². The minimum Gasteiger partial charge on any atom is -0.337 e. The lowest BCUT2D eigenvalue weighted by atomic mass is 10.2. The molecule has 1 amide bonds. The quantitative estimate of drug-likeness (QED) is 0.640. The van der Waals surface area contributed by atoms with Crippen LogP contribution >= 0.6 is 11.3 Å². The third kappa shape index (κ3) is 4.53. The monoisotopic (exact) mass is 378 g/mol. The summed E-state index contributed by atoms with van der Waals surface area (Å²) in [5, 5.41) is 2.11. The molecule has 3 aromatic rings. The number of benzene rings is 1. The number of rotatable bonds is 5. The minimum absolute atomic E-state index is 0.0875. The van der Waals surface area contributed by atoms with Crippen LogP contribution in [0.25, 0.3) is 11.8 Å². The van der Waals surface area contributed by atoms with E-state index < -0.39 is 0 Å². The van der Waals surface area contributed by atoms with Crippen molar-refractivity contribution in [1.29, 1.82) is 0 Å². The summed E-state index contributed by atoms with van der Waals surface area (Å²) in [6, 6.07) is 12.3. The van der Waals surface area contributed by atoms with E-state index in [-0.39, 0.29) is 5.91 Å². The summed E-state index contributed by atoms with van der Waals surface area (Å²) in [6.07, 6.45) is 9.00. The van der Waals surface area contributed by atoms with Crippen LogP contribution < -0.4 is 0 Å². The molecule has 138 valence electrons. The first kappa shape index (κ1) is 17.7. The summed E-state index contributed by atoms with van der Waals surface area (Å²) < 4.78 is 1.95. The van der Waals surface area contributed by atoms with Crippen LogP contribution in [-0.4, -0.2) is 51.4 Å². The van der Waals surface area contributed by atoms with Gasteiger partial charge in [-0.3, -0.25) is 9.69 Å². The van der Waals surface area contributed by atoms with Crippen LogP contribution in [0.3, 0.4) is 0 Å². The Hall–Kier alpha value is -2.70. The van der Waals surface area contributed by atoms with Crippen molar-refractivity contribution in [3.8, 4) is 5.69 Å². The number of thiophene rings is 1. The number of carbonyl (C=O) groups is 1. The molecule has 0 bridgehead atoms. The van der Waals surface area contributed by atoms with Gasteiger partial charge in [0.05, 0.1) is 6.33 Å². The van der Waals surface area contributed by atoms with E-state index in [0.717, 1.165) is 44.0 Å². The minimum atomic E-state index is 0.0875. The fraction of sp³-hybridized carbons (Fsp3) is 0.238. The van der Waals surface area contributed by atoms with Gasteiger partial charge in [0, 0.05) is 61.8 Å². The van der Waals surface area contributed by atoms with Crippen LogP contribution in [0.1, 0.15) is 10.4 Å². The van der Waals surface area contributed by atoms with Crippen LogP contribution in [0.4, 0.5) is 0 Å². The Morgan fingerprint density at radius 1 is 1.11 bits per heavy atom. The first-order valence-electron chi connectivity index (χ1n) is 9.08. The predicted molar refractivity (Wildman–Crippen MR) is 109 cm³/mol. The van der Waals surface area contributed by atoms with Crippen molar-refractivity contribution in [2.45, 2.75) is 6.54 Å². The molecule has 1 aliphatic rings. The first-order chi connectivity index (χ1) is 13.3. The Morgan fingerprint density at radius 2 is 1.93 bits per heavy atom. The molecule has 0 N–H and O–H groups in total. The molecule has 3 heterocycles. The van der Waals surface area contributed by atoms with Gasteiger partial charge in [0.1, 0.15) is 0 Å². The highest BCUT2D eigenvalue weighted by atomic mass is 32.1. The highest BCUT2D eigenvalue weighted by molar-refractivity contribution is 7.09. The molecule has 1 aromatic carbocycles. The summed E-state index contributed by atoms with van der Waals surface area (Å²) in [6.45, 7) is 4.41. The van der Waals surface area contributed by atoms with Crippen molar-refractivity contribution >= 4 is 23.3 Å². The molecule has 0 radical (unpaired) electrons. The van der Waals surface area contributed by atoms with Crippen molar-refractivity contribution in [2.24, 2.45) is 0 Å². The van der Waals surface area contributed by atoms with Crippen LogP contribution in [0.15, 0.2) is 66.6 Å². The van der Waals surface area contributed by atoms with Crippen molar-refractivity contribution in [3.63, 3.8) is 0 Å². The molecule has 5 nitrogen and oxygen atoms in total. The number of hydrogen-bond acceptors (Lipinski definition) is 4. The highest BCUT2D eigenvalue weighted by Crippen LogP contribution is 2.14. The van der Waals surface area contributed by atoms with Gasteiger partial charge in [-0.05, 0) is 35.2 Å². The topological polar surface area (TPSA) is 41.4 Å². The van der Waals surface area contributed by atoms with E-state index in [1.165, 1.54) is 4.88 Å². The summed E-state index contributed by atoms with van der Waals surface area (Å²) in [7, 11) is 0. The van der Waals surface area contributed by atoms with Crippen LogP contribution in [0.2, 0.25) is 0 Å². The average Bonchev–Trinajstić information content (AvgIpc) is 3.41. The van der Waals surface area contributed by atoms with Gasteiger partial charge < -0.3 is 9.47 Å². The van der Waals surface area contributed by atoms with E-state index in [9.17, 15) is 4.79 Å². The second-order valence-corrected chi connectivity index (χ2v) is 7.61. The largest absolute Gasteiger partial charge is 0.337 e. The molecule has 4 rings (SSSR count). The first-order valence-corrected chi connectivity index (χ1v) is 9.96. The number of nitrogens with zero attached hydrogens (tertiary/aromatic N) is 4. The van der Waals surface area contributed by atoms with E-state index in [4.69, 9.17) is 0 Å². The van der Waals surface area contributed by atoms with Crippen molar-refractivity contribution in [2.75, 3.05) is 26.2 Å². The van der Waals surface area contributed by atoms with Gasteiger partial charge >= 0.3 is 0 Å².